The number of halogens is 1. The summed E-state index contributed by atoms with van der Waals surface area (Å²) >= 11 is 0. The Morgan fingerprint density at radius 3 is 2.36 bits per heavy atom. The van der Waals surface area contributed by atoms with Crippen LogP contribution >= 0.6 is 12.4 Å². The van der Waals surface area contributed by atoms with E-state index in [2.05, 4.69) is 47.9 Å². The molecule has 0 spiro atoms. The van der Waals surface area contributed by atoms with Gasteiger partial charge in [-0.15, -0.1) is 12.4 Å². The number of nitrogens with one attached hydrogen (secondary N) is 2. The van der Waals surface area contributed by atoms with Crippen LogP contribution in [0, 0.1) is 17.8 Å². The van der Waals surface area contributed by atoms with Gasteiger partial charge >= 0.3 is 0 Å². The average molecular weight is 365 g/mol. The summed E-state index contributed by atoms with van der Waals surface area (Å²) in [6.45, 7) is 4.46. The molecular weight excluding hydrogens is 332 g/mol. The van der Waals surface area contributed by atoms with E-state index in [-0.39, 0.29) is 24.4 Å². The lowest BCUT2D eigenvalue weighted by molar-refractivity contribution is -0.123. The van der Waals surface area contributed by atoms with Crippen LogP contribution in [0.15, 0.2) is 30.3 Å². The molecular formula is C21H33ClN2O. The molecule has 2 N–H and O–H groups in total. The van der Waals surface area contributed by atoms with E-state index >= 15 is 0 Å². The summed E-state index contributed by atoms with van der Waals surface area (Å²) in [5, 5.41) is 6.80. The second kappa shape index (κ2) is 10.2. The summed E-state index contributed by atoms with van der Waals surface area (Å²) in [5.74, 6) is 2.01. The lowest BCUT2D eigenvalue weighted by Crippen LogP contribution is -2.36. The SMILES string of the molecule is CC(CC(=O)NC(c1ccccc1)C1CCCC1)C1CCNCC1.Cl. The molecule has 2 fully saturated rings. The quantitative estimate of drug-likeness (QED) is 0.781. The van der Waals surface area contributed by atoms with Crippen molar-refractivity contribution in [2.75, 3.05) is 13.1 Å². The summed E-state index contributed by atoms with van der Waals surface area (Å²) in [5.41, 5.74) is 1.27. The molecule has 3 nitrogen and oxygen atoms in total. The molecule has 1 saturated heterocycles. The maximum atomic E-state index is 12.7. The Morgan fingerprint density at radius 1 is 1.08 bits per heavy atom. The van der Waals surface area contributed by atoms with Gasteiger partial charge in [0.25, 0.3) is 0 Å². The topological polar surface area (TPSA) is 41.1 Å². The van der Waals surface area contributed by atoms with Crippen molar-refractivity contribution in [1.29, 1.82) is 0 Å². The van der Waals surface area contributed by atoms with Gasteiger partial charge in [-0.25, -0.2) is 0 Å². The summed E-state index contributed by atoms with van der Waals surface area (Å²) in [4.78, 5) is 12.7. The fraction of sp³-hybridized carbons (Fsp3) is 0.667. The number of piperidine rings is 1. The number of rotatable bonds is 6. The highest BCUT2D eigenvalue weighted by Gasteiger charge is 2.29. The predicted molar refractivity (Wildman–Crippen MR) is 106 cm³/mol. The molecule has 2 aliphatic rings. The van der Waals surface area contributed by atoms with Crippen molar-refractivity contribution in [3.63, 3.8) is 0 Å². The summed E-state index contributed by atoms with van der Waals surface area (Å²) in [7, 11) is 0. The molecule has 2 atom stereocenters. The minimum absolute atomic E-state index is 0. The summed E-state index contributed by atoms with van der Waals surface area (Å²) in [6.07, 6.45) is 8.16. The molecule has 3 rings (SSSR count). The first-order chi connectivity index (χ1) is 11.7. The van der Waals surface area contributed by atoms with Crippen molar-refractivity contribution in [1.82, 2.24) is 10.6 Å². The van der Waals surface area contributed by atoms with E-state index in [1.165, 1.54) is 44.1 Å². The molecule has 1 aliphatic carbocycles. The molecule has 25 heavy (non-hydrogen) atoms. The van der Waals surface area contributed by atoms with Crippen LogP contribution in [0.4, 0.5) is 0 Å². The fourth-order valence-electron chi connectivity index (χ4n) is 4.53. The van der Waals surface area contributed by atoms with E-state index < -0.39 is 0 Å². The predicted octanol–water partition coefficient (Wildman–Crippen LogP) is 4.48. The molecule has 1 amide bonds. The number of amides is 1. The van der Waals surface area contributed by atoms with E-state index in [1.54, 1.807) is 0 Å². The molecule has 2 unspecified atom stereocenters. The van der Waals surface area contributed by atoms with E-state index in [4.69, 9.17) is 0 Å². The van der Waals surface area contributed by atoms with Crippen LogP contribution < -0.4 is 10.6 Å². The number of hydrogen-bond donors (Lipinski definition) is 2. The molecule has 0 bridgehead atoms. The first-order valence-corrected chi connectivity index (χ1v) is 9.79. The molecule has 1 aromatic carbocycles. The monoisotopic (exact) mass is 364 g/mol. The van der Waals surface area contributed by atoms with Crippen LogP contribution in [0.3, 0.4) is 0 Å². The highest BCUT2D eigenvalue weighted by atomic mass is 35.5. The Kier molecular flexibility index (Phi) is 8.25. The van der Waals surface area contributed by atoms with Crippen molar-refractivity contribution < 1.29 is 4.79 Å². The average Bonchev–Trinajstić information content (AvgIpc) is 3.15. The zero-order chi connectivity index (χ0) is 16.8. The van der Waals surface area contributed by atoms with Crippen LogP contribution in [0.1, 0.15) is 63.5 Å². The van der Waals surface area contributed by atoms with Crippen molar-refractivity contribution in [3.05, 3.63) is 35.9 Å². The van der Waals surface area contributed by atoms with Crippen molar-refractivity contribution >= 4 is 18.3 Å². The van der Waals surface area contributed by atoms with Crippen molar-refractivity contribution in [2.45, 2.75) is 57.9 Å². The lowest BCUT2D eigenvalue weighted by Gasteiger charge is -2.29. The van der Waals surface area contributed by atoms with Crippen molar-refractivity contribution in [2.24, 2.45) is 17.8 Å². The molecule has 1 aliphatic heterocycles. The maximum absolute atomic E-state index is 12.7. The van der Waals surface area contributed by atoms with Crippen LogP contribution in [0.25, 0.3) is 0 Å². The summed E-state index contributed by atoms with van der Waals surface area (Å²) < 4.78 is 0. The Morgan fingerprint density at radius 2 is 1.72 bits per heavy atom. The normalized spacial score (nSPS) is 21.3. The molecule has 4 heteroatoms. The third kappa shape index (κ3) is 5.72. The Bertz CT molecular complexity index is 510. The highest BCUT2D eigenvalue weighted by Crippen LogP contribution is 2.36. The van der Waals surface area contributed by atoms with Crippen LogP contribution in [0.5, 0.6) is 0 Å². The Balaban J connectivity index is 0.00000225. The smallest absolute Gasteiger partial charge is 0.220 e. The third-order valence-corrected chi connectivity index (χ3v) is 6.04. The highest BCUT2D eigenvalue weighted by molar-refractivity contribution is 5.85. The van der Waals surface area contributed by atoms with E-state index in [1.807, 2.05) is 0 Å². The van der Waals surface area contributed by atoms with Crippen LogP contribution in [-0.4, -0.2) is 19.0 Å². The van der Waals surface area contributed by atoms with Gasteiger partial charge in [-0.1, -0.05) is 50.1 Å². The summed E-state index contributed by atoms with van der Waals surface area (Å²) in [6, 6.07) is 10.7. The number of carbonyl (C=O) groups is 1. The van der Waals surface area contributed by atoms with Crippen molar-refractivity contribution in [3.8, 4) is 0 Å². The fourth-order valence-corrected chi connectivity index (χ4v) is 4.53. The molecule has 1 saturated carbocycles. The van der Waals surface area contributed by atoms with Gasteiger partial charge in [-0.05, 0) is 62.1 Å². The number of hydrogen-bond acceptors (Lipinski definition) is 2. The Hall–Kier alpha value is -1.06. The third-order valence-electron chi connectivity index (χ3n) is 6.04. The second-order valence-electron chi connectivity index (χ2n) is 7.77. The largest absolute Gasteiger partial charge is 0.349 e. The lowest BCUT2D eigenvalue weighted by atomic mass is 9.83. The van der Waals surface area contributed by atoms with E-state index in [0.717, 1.165) is 13.1 Å². The first kappa shape index (κ1) is 20.3. The zero-order valence-corrected chi connectivity index (χ0v) is 16.2. The van der Waals surface area contributed by atoms with Gasteiger partial charge in [0.15, 0.2) is 0 Å². The van der Waals surface area contributed by atoms with E-state index in [9.17, 15) is 4.79 Å². The number of benzene rings is 1. The minimum atomic E-state index is 0. The van der Waals surface area contributed by atoms with Gasteiger partial charge < -0.3 is 10.6 Å². The van der Waals surface area contributed by atoms with Crippen LogP contribution in [-0.2, 0) is 4.79 Å². The molecule has 0 aromatic heterocycles. The van der Waals surface area contributed by atoms with E-state index in [0.29, 0.717) is 24.2 Å². The second-order valence-corrected chi connectivity index (χ2v) is 7.77. The van der Waals surface area contributed by atoms with Gasteiger partial charge in [0, 0.05) is 6.42 Å². The van der Waals surface area contributed by atoms with Gasteiger partial charge in [0.2, 0.25) is 5.91 Å². The van der Waals surface area contributed by atoms with Gasteiger partial charge in [0.05, 0.1) is 6.04 Å². The molecule has 1 heterocycles. The molecule has 140 valence electrons. The Labute approximate surface area is 158 Å². The van der Waals surface area contributed by atoms with Gasteiger partial charge in [0.1, 0.15) is 0 Å². The van der Waals surface area contributed by atoms with Crippen LogP contribution in [0.2, 0.25) is 0 Å². The maximum Gasteiger partial charge on any atom is 0.220 e. The first-order valence-electron chi connectivity index (χ1n) is 9.79. The molecule has 1 aromatic rings. The van der Waals surface area contributed by atoms with Gasteiger partial charge in [-0.3, -0.25) is 4.79 Å². The zero-order valence-electron chi connectivity index (χ0n) is 15.4. The standard InChI is InChI=1S/C21H32N2O.ClH/c1-16(17-11-13-22-14-12-17)15-20(24)23-21(19-9-5-6-10-19)18-7-3-2-4-8-18;/h2-4,7-8,16-17,19,21-22H,5-6,9-15H2,1H3,(H,23,24);1H. The minimum Gasteiger partial charge on any atom is -0.349 e. The molecule has 0 radical (unpaired) electrons. The van der Waals surface area contributed by atoms with Gasteiger partial charge in [-0.2, -0.15) is 0 Å². The number of carbonyl (C=O) groups excluding carboxylic acids is 1.